The van der Waals surface area contributed by atoms with E-state index in [1.165, 1.54) is 0 Å². The minimum atomic E-state index is -3.24. The Hall–Kier alpha value is 0.383. The second kappa shape index (κ2) is 5.96. The van der Waals surface area contributed by atoms with Crippen molar-refractivity contribution in [1.29, 1.82) is 0 Å². The van der Waals surface area contributed by atoms with E-state index in [1.807, 2.05) is 13.8 Å². The van der Waals surface area contributed by atoms with Gasteiger partial charge in [0.1, 0.15) is 0 Å². The van der Waals surface area contributed by atoms with Gasteiger partial charge in [0, 0.05) is 0 Å². The zero-order valence-electron chi connectivity index (χ0n) is 7.55. The van der Waals surface area contributed by atoms with Crippen molar-refractivity contribution in [2.24, 2.45) is 0 Å². The van der Waals surface area contributed by atoms with Crippen molar-refractivity contribution in [3.8, 4) is 0 Å². The second-order valence-corrected chi connectivity index (χ2v) is 6.80. The Morgan fingerprint density at radius 1 is 0.909 bits per heavy atom. The molecular weight excluding hydrogens is 209 g/mol. The molecule has 4 nitrogen and oxygen atoms in total. The summed E-state index contributed by atoms with van der Waals surface area (Å²) in [7, 11) is 3.10. The summed E-state index contributed by atoms with van der Waals surface area (Å²) in [6.07, 6.45) is 0. The summed E-state index contributed by atoms with van der Waals surface area (Å²) in [6.45, 7) is 4.89. The summed E-state index contributed by atoms with van der Waals surface area (Å²) in [6, 6.07) is 0. The van der Waals surface area contributed by atoms with Crippen molar-refractivity contribution in [3.63, 3.8) is 0 Å². The first kappa shape index (κ1) is 11.4. The molecule has 0 aromatic heterocycles. The van der Waals surface area contributed by atoms with Crippen LogP contribution in [0.25, 0.3) is 0 Å². The van der Waals surface area contributed by atoms with Crippen LogP contribution in [0.5, 0.6) is 0 Å². The molecule has 0 radical (unpaired) electrons. The van der Waals surface area contributed by atoms with Gasteiger partial charge in [-0.15, -0.1) is 0 Å². The monoisotopic (exact) mass is 226 g/mol. The molecule has 0 spiro atoms. The molecule has 0 fully saturated rings. The fraction of sp³-hybridized carbons (Fsp3) is 1.00. The molecule has 0 aromatic carbocycles. The van der Waals surface area contributed by atoms with E-state index < -0.39 is 14.6 Å². The van der Waals surface area contributed by atoms with Gasteiger partial charge in [-0.3, -0.25) is 0 Å². The van der Waals surface area contributed by atoms with E-state index in [1.54, 1.807) is 14.2 Å². The van der Waals surface area contributed by atoms with Gasteiger partial charge < -0.3 is 0 Å². The average Bonchev–Trinajstić information content (AvgIpc) is 2.04. The predicted octanol–water partition coefficient (Wildman–Crippen LogP) is 0.788. The van der Waals surface area contributed by atoms with E-state index in [2.05, 4.69) is 0 Å². The first-order valence-corrected chi connectivity index (χ1v) is 7.05. The topological polar surface area (TPSA) is 36.9 Å². The Labute approximate surface area is 71.5 Å². The van der Waals surface area contributed by atoms with Crippen molar-refractivity contribution in [1.82, 2.24) is 0 Å². The average molecular weight is 225 g/mol. The molecule has 0 heterocycles. The van der Waals surface area contributed by atoms with Gasteiger partial charge in [0.25, 0.3) is 0 Å². The van der Waals surface area contributed by atoms with Crippen molar-refractivity contribution in [2.45, 2.75) is 13.8 Å². The van der Waals surface area contributed by atoms with Crippen LogP contribution in [0.15, 0.2) is 0 Å². The van der Waals surface area contributed by atoms with E-state index in [0.29, 0.717) is 13.2 Å². The Kier molecular flexibility index (Phi) is 6.17. The van der Waals surface area contributed by atoms with Gasteiger partial charge in [-0.2, -0.15) is 0 Å². The zero-order chi connectivity index (χ0) is 8.74. The molecule has 0 N–H and O–H groups in total. The van der Waals surface area contributed by atoms with Crippen molar-refractivity contribution in [2.75, 3.05) is 27.4 Å². The standard InChI is InChI=1S/C6H16GeO4/c1-5-10-7(8-3,9-4)11-6-2/h5-6H2,1-4H3. The van der Waals surface area contributed by atoms with Crippen molar-refractivity contribution in [3.05, 3.63) is 0 Å². The molecule has 5 heteroatoms. The van der Waals surface area contributed by atoms with E-state index in [4.69, 9.17) is 15.1 Å². The van der Waals surface area contributed by atoms with Crippen LogP contribution in [0.2, 0.25) is 0 Å². The van der Waals surface area contributed by atoms with Gasteiger partial charge in [-0.05, 0) is 0 Å². The van der Waals surface area contributed by atoms with Crippen LogP contribution in [0.3, 0.4) is 0 Å². The van der Waals surface area contributed by atoms with E-state index in [-0.39, 0.29) is 0 Å². The van der Waals surface area contributed by atoms with Gasteiger partial charge in [0.15, 0.2) is 0 Å². The van der Waals surface area contributed by atoms with Crippen LogP contribution in [-0.4, -0.2) is 42.0 Å². The summed E-state index contributed by atoms with van der Waals surface area (Å²) in [4.78, 5) is 0. The summed E-state index contributed by atoms with van der Waals surface area (Å²) < 4.78 is 20.8. The molecule has 0 amide bonds. The third-order valence-corrected chi connectivity index (χ3v) is 5.94. The number of rotatable bonds is 6. The molecule has 0 unspecified atom stereocenters. The van der Waals surface area contributed by atoms with E-state index in [9.17, 15) is 0 Å². The third-order valence-electron chi connectivity index (χ3n) is 1.14. The number of hydrogen-bond donors (Lipinski definition) is 0. The van der Waals surface area contributed by atoms with Gasteiger partial charge in [-0.25, -0.2) is 0 Å². The van der Waals surface area contributed by atoms with Gasteiger partial charge in [0.2, 0.25) is 0 Å². The minimum absolute atomic E-state index is 0.557. The molecule has 0 rings (SSSR count). The predicted molar refractivity (Wildman–Crippen MR) is 43.0 cm³/mol. The van der Waals surface area contributed by atoms with E-state index in [0.717, 1.165) is 0 Å². The number of hydrogen-bond acceptors (Lipinski definition) is 4. The Balaban J connectivity index is 3.96. The van der Waals surface area contributed by atoms with Gasteiger partial charge in [-0.1, -0.05) is 0 Å². The maximum atomic E-state index is 5.29. The SMILES string of the molecule is CC[O][Ge]([O]C)([O]C)[O]CC. The Morgan fingerprint density at radius 3 is 1.45 bits per heavy atom. The molecule has 0 bridgehead atoms. The maximum absolute atomic E-state index is 5.29. The molecule has 68 valence electrons. The van der Waals surface area contributed by atoms with Crippen molar-refractivity contribution >= 4 is 14.6 Å². The van der Waals surface area contributed by atoms with Gasteiger partial charge >= 0.3 is 70.9 Å². The Bertz CT molecular complexity index is 86.6. The fourth-order valence-electron chi connectivity index (χ4n) is 0.714. The molecule has 0 saturated heterocycles. The summed E-state index contributed by atoms with van der Waals surface area (Å²) >= 11 is -3.24. The molecule has 0 aliphatic carbocycles. The molecule has 0 aromatic rings. The van der Waals surface area contributed by atoms with Crippen LogP contribution >= 0.6 is 0 Å². The molecule has 0 atom stereocenters. The van der Waals surface area contributed by atoms with Crippen LogP contribution in [0, 0.1) is 0 Å². The van der Waals surface area contributed by atoms with Crippen molar-refractivity contribution < 1.29 is 15.1 Å². The zero-order valence-corrected chi connectivity index (χ0v) is 9.65. The summed E-state index contributed by atoms with van der Waals surface area (Å²) in [5, 5.41) is 0. The summed E-state index contributed by atoms with van der Waals surface area (Å²) in [5.74, 6) is 0. The second-order valence-electron chi connectivity index (χ2n) is 1.77. The van der Waals surface area contributed by atoms with E-state index >= 15 is 0 Å². The normalized spacial score (nSPS) is 12.0. The fourth-order valence-corrected chi connectivity index (χ4v) is 3.71. The molecule has 0 saturated carbocycles. The van der Waals surface area contributed by atoms with Crippen LogP contribution in [0.1, 0.15) is 13.8 Å². The Morgan fingerprint density at radius 2 is 1.27 bits per heavy atom. The summed E-state index contributed by atoms with van der Waals surface area (Å²) in [5.41, 5.74) is 0. The first-order chi connectivity index (χ1) is 5.24. The molecule has 0 aliphatic rings. The quantitative estimate of drug-likeness (QED) is 0.626. The molecule has 0 aliphatic heterocycles. The van der Waals surface area contributed by atoms with Gasteiger partial charge in [0.05, 0.1) is 0 Å². The first-order valence-electron chi connectivity index (χ1n) is 3.62. The molecule has 11 heavy (non-hydrogen) atoms. The van der Waals surface area contributed by atoms with Crippen LogP contribution in [-0.2, 0) is 15.1 Å². The third kappa shape index (κ3) is 3.53. The van der Waals surface area contributed by atoms with Crippen LogP contribution in [0.4, 0.5) is 0 Å². The molecular formula is C6H16GeO4. The van der Waals surface area contributed by atoms with Crippen LogP contribution < -0.4 is 0 Å².